The minimum Gasteiger partial charge on any atom is -0.393 e. The van der Waals surface area contributed by atoms with Crippen LogP contribution in [0.15, 0.2) is 54.6 Å². The highest BCUT2D eigenvalue weighted by atomic mass is 16.3. The number of hydrogen-bond donors (Lipinski definition) is 1. The highest BCUT2D eigenvalue weighted by Gasteiger charge is 2.23. The van der Waals surface area contributed by atoms with Gasteiger partial charge in [-0.2, -0.15) is 0 Å². The third kappa shape index (κ3) is 7.29. The molecule has 0 bridgehead atoms. The van der Waals surface area contributed by atoms with Crippen molar-refractivity contribution in [2.45, 2.75) is 59.0 Å². The summed E-state index contributed by atoms with van der Waals surface area (Å²) in [5.41, 5.74) is 2.66. The molecule has 1 aromatic rings. The first-order chi connectivity index (χ1) is 9.95. The Morgan fingerprint density at radius 3 is 2.52 bits per heavy atom. The molecule has 0 radical (unpaired) electrons. The smallest absolute Gasteiger partial charge is 0.0551 e. The molecule has 2 unspecified atom stereocenters. The van der Waals surface area contributed by atoms with E-state index in [0.717, 1.165) is 32.1 Å². The zero-order chi connectivity index (χ0) is 15.7. The first kappa shape index (κ1) is 17.7. The van der Waals surface area contributed by atoms with Gasteiger partial charge in [-0.05, 0) is 56.9 Å². The highest BCUT2D eigenvalue weighted by molar-refractivity contribution is 5.14. The van der Waals surface area contributed by atoms with Gasteiger partial charge in [-0.1, -0.05) is 55.0 Å². The van der Waals surface area contributed by atoms with Crippen molar-refractivity contribution in [1.29, 1.82) is 0 Å². The number of rotatable bonds is 9. The molecule has 0 amide bonds. The van der Waals surface area contributed by atoms with Crippen molar-refractivity contribution in [3.63, 3.8) is 0 Å². The van der Waals surface area contributed by atoms with Gasteiger partial charge < -0.3 is 5.11 Å². The number of allylic oxidation sites excluding steroid dienone is 3. The van der Waals surface area contributed by atoms with Crippen LogP contribution in [-0.4, -0.2) is 11.2 Å². The normalized spacial score (nSPS) is 15.0. The van der Waals surface area contributed by atoms with Crippen molar-refractivity contribution >= 4 is 0 Å². The maximum Gasteiger partial charge on any atom is 0.0551 e. The van der Waals surface area contributed by atoms with E-state index >= 15 is 0 Å². The Labute approximate surface area is 130 Å². The Bertz CT molecular complexity index is 442. The quantitative estimate of drug-likeness (QED) is 0.610. The lowest BCUT2D eigenvalue weighted by atomic mass is 9.79. The van der Waals surface area contributed by atoms with Crippen LogP contribution >= 0.6 is 0 Å². The summed E-state index contributed by atoms with van der Waals surface area (Å²) in [6, 6.07) is 10.4. The third-order valence-electron chi connectivity index (χ3n) is 4.07. The summed E-state index contributed by atoms with van der Waals surface area (Å²) in [6.45, 7) is 10.4. The molecule has 116 valence electrons. The Morgan fingerprint density at radius 2 is 1.95 bits per heavy atom. The van der Waals surface area contributed by atoms with Gasteiger partial charge in [-0.15, -0.1) is 6.58 Å². The van der Waals surface area contributed by atoms with Gasteiger partial charge in [0.05, 0.1) is 6.10 Å². The Kier molecular flexibility index (Phi) is 7.45. The van der Waals surface area contributed by atoms with Crippen LogP contribution in [0.1, 0.15) is 52.0 Å². The third-order valence-corrected chi connectivity index (χ3v) is 4.07. The first-order valence-corrected chi connectivity index (χ1v) is 7.94. The predicted octanol–water partition coefficient (Wildman–Crippen LogP) is 5.31. The minimum atomic E-state index is -0.264. The average molecular weight is 286 g/mol. The van der Waals surface area contributed by atoms with Crippen molar-refractivity contribution in [2.24, 2.45) is 5.41 Å². The van der Waals surface area contributed by atoms with Crippen LogP contribution in [-0.2, 0) is 6.42 Å². The monoisotopic (exact) mass is 286 g/mol. The second kappa shape index (κ2) is 8.84. The molecule has 0 aliphatic rings. The molecule has 21 heavy (non-hydrogen) atoms. The number of aryl methyl sites for hydroxylation is 1. The second-order valence-corrected chi connectivity index (χ2v) is 6.56. The second-order valence-electron chi connectivity index (χ2n) is 6.56. The van der Waals surface area contributed by atoms with E-state index < -0.39 is 0 Å². The van der Waals surface area contributed by atoms with Crippen LogP contribution in [0.5, 0.6) is 0 Å². The van der Waals surface area contributed by atoms with Crippen molar-refractivity contribution in [3.05, 3.63) is 60.2 Å². The van der Waals surface area contributed by atoms with E-state index in [1.165, 1.54) is 11.1 Å². The minimum absolute atomic E-state index is 0.0159. The van der Waals surface area contributed by atoms with Crippen molar-refractivity contribution in [1.82, 2.24) is 0 Å². The van der Waals surface area contributed by atoms with Crippen LogP contribution in [0, 0.1) is 5.41 Å². The van der Waals surface area contributed by atoms with Gasteiger partial charge in [-0.3, -0.25) is 0 Å². The summed E-state index contributed by atoms with van der Waals surface area (Å²) in [5.74, 6) is 0. The van der Waals surface area contributed by atoms with E-state index in [9.17, 15) is 5.11 Å². The van der Waals surface area contributed by atoms with Gasteiger partial charge in [-0.25, -0.2) is 0 Å². The molecule has 0 aromatic heterocycles. The van der Waals surface area contributed by atoms with Crippen LogP contribution < -0.4 is 0 Å². The SMILES string of the molecule is C=CC(C)(CCC=C(C)C)CC(O)CCc1ccccc1. The highest BCUT2D eigenvalue weighted by Crippen LogP contribution is 2.32. The fraction of sp³-hybridized carbons (Fsp3) is 0.500. The maximum atomic E-state index is 10.3. The van der Waals surface area contributed by atoms with Gasteiger partial charge in [0.1, 0.15) is 0 Å². The summed E-state index contributed by atoms with van der Waals surface area (Å²) in [4.78, 5) is 0. The van der Waals surface area contributed by atoms with E-state index in [2.05, 4.69) is 57.7 Å². The summed E-state index contributed by atoms with van der Waals surface area (Å²) >= 11 is 0. The summed E-state index contributed by atoms with van der Waals surface area (Å²) < 4.78 is 0. The fourth-order valence-corrected chi connectivity index (χ4v) is 2.60. The van der Waals surface area contributed by atoms with Crippen molar-refractivity contribution < 1.29 is 5.11 Å². The molecule has 0 saturated carbocycles. The van der Waals surface area contributed by atoms with Crippen LogP contribution in [0.2, 0.25) is 0 Å². The predicted molar refractivity (Wildman–Crippen MR) is 92.4 cm³/mol. The molecular weight excluding hydrogens is 256 g/mol. The largest absolute Gasteiger partial charge is 0.393 e. The topological polar surface area (TPSA) is 20.2 Å². The molecule has 0 saturated heterocycles. The zero-order valence-corrected chi connectivity index (χ0v) is 13.8. The van der Waals surface area contributed by atoms with Crippen molar-refractivity contribution in [3.8, 4) is 0 Å². The number of hydrogen-bond acceptors (Lipinski definition) is 1. The summed E-state index contributed by atoms with van der Waals surface area (Å²) in [7, 11) is 0. The van der Waals surface area contributed by atoms with E-state index in [1.54, 1.807) is 0 Å². The van der Waals surface area contributed by atoms with Crippen LogP contribution in [0.4, 0.5) is 0 Å². The first-order valence-electron chi connectivity index (χ1n) is 7.94. The van der Waals surface area contributed by atoms with Gasteiger partial charge in [0, 0.05) is 0 Å². The van der Waals surface area contributed by atoms with E-state index in [-0.39, 0.29) is 11.5 Å². The number of aliphatic hydroxyl groups is 1. The maximum absolute atomic E-state index is 10.3. The lowest BCUT2D eigenvalue weighted by molar-refractivity contribution is 0.114. The molecule has 1 N–H and O–H groups in total. The molecular formula is C20H30O. The molecule has 1 rings (SSSR count). The molecule has 0 heterocycles. The average Bonchev–Trinajstić information content (AvgIpc) is 2.46. The van der Waals surface area contributed by atoms with Gasteiger partial charge in [0.2, 0.25) is 0 Å². The Hall–Kier alpha value is -1.34. The van der Waals surface area contributed by atoms with Crippen LogP contribution in [0.3, 0.4) is 0 Å². The zero-order valence-electron chi connectivity index (χ0n) is 13.8. The van der Waals surface area contributed by atoms with Crippen LogP contribution in [0.25, 0.3) is 0 Å². The van der Waals surface area contributed by atoms with E-state index in [1.807, 2.05) is 12.1 Å². The fourth-order valence-electron chi connectivity index (χ4n) is 2.60. The van der Waals surface area contributed by atoms with Gasteiger partial charge in [0.25, 0.3) is 0 Å². The number of benzene rings is 1. The lowest BCUT2D eigenvalue weighted by Crippen LogP contribution is -2.22. The lowest BCUT2D eigenvalue weighted by Gasteiger charge is -2.28. The van der Waals surface area contributed by atoms with Crippen molar-refractivity contribution in [2.75, 3.05) is 0 Å². The van der Waals surface area contributed by atoms with Gasteiger partial charge in [0.15, 0.2) is 0 Å². The molecule has 2 atom stereocenters. The Morgan fingerprint density at radius 1 is 1.29 bits per heavy atom. The molecule has 0 aliphatic carbocycles. The van der Waals surface area contributed by atoms with E-state index in [4.69, 9.17) is 0 Å². The van der Waals surface area contributed by atoms with E-state index in [0.29, 0.717) is 0 Å². The molecule has 1 heteroatoms. The summed E-state index contributed by atoms with van der Waals surface area (Å²) in [6.07, 6.45) is 8.65. The Balaban J connectivity index is 2.44. The molecule has 0 spiro atoms. The standard InChI is InChI=1S/C20H30O/c1-5-20(4,15-9-10-17(2)3)16-19(21)14-13-18-11-7-6-8-12-18/h5-8,10-12,19,21H,1,9,13-16H2,2-4H3. The molecule has 0 fully saturated rings. The molecule has 0 aliphatic heterocycles. The summed E-state index contributed by atoms with van der Waals surface area (Å²) in [5, 5.41) is 10.3. The molecule has 1 aromatic carbocycles. The number of aliphatic hydroxyl groups excluding tert-OH is 1. The molecule has 1 nitrogen and oxygen atoms in total. The van der Waals surface area contributed by atoms with Gasteiger partial charge >= 0.3 is 0 Å².